The van der Waals surface area contributed by atoms with Crippen molar-refractivity contribution >= 4 is 10.9 Å². The number of hydrogen-bond donors (Lipinski definition) is 1. The van der Waals surface area contributed by atoms with Gasteiger partial charge in [-0.1, -0.05) is 38.0 Å². The molecule has 2 aromatic rings. The predicted molar refractivity (Wildman–Crippen MR) is 86.8 cm³/mol. The summed E-state index contributed by atoms with van der Waals surface area (Å²) in [6.45, 7) is 9.26. The van der Waals surface area contributed by atoms with Crippen LogP contribution in [0.3, 0.4) is 0 Å². The molecule has 1 N–H and O–H groups in total. The number of benzene rings is 1. The molecule has 0 spiro atoms. The molecule has 1 aromatic heterocycles. The molecule has 2 nitrogen and oxygen atoms in total. The molecule has 0 aliphatic rings. The van der Waals surface area contributed by atoms with Crippen LogP contribution in [0.15, 0.2) is 30.5 Å². The van der Waals surface area contributed by atoms with Gasteiger partial charge in [0.2, 0.25) is 0 Å². The van der Waals surface area contributed by atoms with Crippen molar-refractivity contribution in [2.24, 2.45) is 5.92 Å². The maximum atomic E-state index is 3.51. The first-order valence-corrected chi connectivity index (χ1v) is 7.39. The second-order valence-electron chi connectivity index (χ2n) is 5.57. The average molecular weight is 268 g/mol. The normalized spacial score (nSPS) is 10.8. The van der Waals surface area contributed by atoms with Crippen LogP contribution in [0.1, 0.15) is 26.3 Å². The Hall–Kier alpha value is -1.72. The van der Waals surface area contributed by atoms with Crippen LogP contribution in [0.4, 0.5) is 0 Å². The number of aromatic nitrogens is 1. The predicted octanol–water partition coefficient (Wildman–Crippen LogP) is 3.45. The first-order chi connectivity index (χ1) is 9.72. The van der Waals surface area contributed by atoms with E-state index in [-0.39, 0.29) is 0 Å². The fourth-order valence-electron chi connectivity index (χ4n) is 2.43. The van der Waals surface area contributed by atoms with E-state index in [1.165, 1.54) is 16.5 Å². The second-order valence-corrected chi connectivity index (χ2v) is 5.57. The van der Waals surface area contributed by atoms with Gasteiger partial charge in [0.15, 0.2) is 0 Å². The first kappa shape index (κ1) is 14.7. The van der Waals surface area contributed by atoms with Crippen LogP contribution in [0.2, 0.25) is 0 Å². The lowest BCUT2D eigenvalue weighted by atomic mass is 10.1. The van der Waals surface area contributed by atoms with E-state index in [0.717, 1.165) is 26.1 Å². The van der Waals surface area contributed by atoms with Crippen molar-refractivity contribution in [3.05, 3.63) is 36.0 Å². The summed E-state index contributed by atoms with van der Waals surface area (Å²) in [5, 5.41) is 4.87. The average Bonchev–Trinajstić information content (AvgIpc) is 2.80. The van der Waals surface area contributed by atoms with E-state index in [0.29, 0.717) is 5.92 Å². The molecule has 0 fully saturated rings. The Morgan fingerprint density at radius 3 is 2.80 bits per heavy atom. The summed E-state index contributed by atoms with van der Waals surface area (Å²) < 4.78 is 2.25. The zero-order chi connectivity index (χ0) is 14.4. The molecule has 0 saturated carbocycles. The molecule has 0 saturated heterocycles. The van der Waals surface area contributed by atoms with Crippen molar-refractivity contribution in [1.82, 2.24) is 9.88 Å². The van der Waals surface area contributed by atoms with Gasteiger partial charge in [-0.05, 0) is 44.0 Å². The standard InChI is InChI=1S/C18H24N2/c1-4-5-12-20-14-16(10-11-19-13-15(2)3)17-8-6-7-9-18(17)20/h6-9,14-15,19H,10-13H2,1-3H3. The van der Waals surface area contributed by atoms with Gasteiger partial charge in [-0.25, -0.2) is 0 Å². The number of nitrogens with one attached hydrogen (secondary N) is 1. The van der Waals surface area contributed by atoms with Gasteiger partial charge < -0.3 is 9.88 Å². The van der Waals surface area contributed by atoms with Gasteiger partial charge in [0.05, 0.1) is 6.54 Å². The van der Waals surface area contributed by atoms with Crippen molar-refractivity contribution in [3.63, 3.8) is 0 Å². The van der Waals surface area contributed by atoms with Gasteiger partial charge in [-0.15, -0.1) is 5.92 Å². The molecule has 0 atom stereocenters. The third kappa shape index (κ3) is 3.65. The Morgan fingerprint density at radius 1 is 1.25 bits per heavy atom. The number of para-hydroxylation sites is 1. The highest BCUT2D eigenvalue weighted by atomic mass is 14.9. The minimum Gasteiger partial charge on any atom is -0.336 e. The van der Waals surface area contributed by atoms with Crippen LogP contribution >= 0.6 is 0 Å². The molecule has 106 valence electrons. The maximum absolute atomic E-state index is 3.51. The Balaban J connectivity index is 2.13. The SMILES string of the molecule is CC#CCn1cc(CCNCC(C)C)c2ccccc21. The molecule has 0 radical (unpaired) electrons. The second kappa shape index (κ2) is 7.17. The van der Waals surface area contributed by atoms with Gasteiger partial charge in [0.1, 0.15) is 0 Å². The van der Waals surface area contributed by atoms with Gasteiger partial charge >= 0.3 is 0 Å². The van der Waals surface area contributed by atoms with Crippen molar-refractivity contribution in [2.75, 3.05) is 13.1 Å². The molecule has 0 bridgehead atoms. The highest BCUT2D eigenvalue weighted by Gasteiger charge is 2.07. The molecule has 0 aliphatic carbocycles. The largest absolute Gasteiger partial charge is 0.336 e. The van der Waals surface area contributed by atoms with Crippen LogP contribution in [0.25, 0.3) is 10.9 Å². The van der Waals surface area contributed by atoms with Gasteiger partial charge in [0.25, 0.3) is 0 Å². The van der Waals surface area contributed by atoms with Crippen LogP contribution in [0.5, 0.6) is 0 Å². The Bertz CT molecular complexity index is 611. The molecule has 2 rings (SSSR count). The van der Waals surface area contributed by atoms with Crippen LogP contribution < -0.4 is 5.32 Å². The molecule has 0 aliphatic heterocycles. The van der Waals surface area contributed by atoms with Crippen molar-refractivity contribution < 1.29 is 0 Å². The van der Waals surface area contributed by atoms with Crippen LogP contribution in [-0.4, -0.2) is 17.7 Å². The number of nitrogens with zero attached hydrogens (tertiary/aromatic N) is 1. The molecule has 2 heteroatoms. The minimum absolute atomic E-state index is 0.705. The van der Waals surface area contributed by atoms with Crippen molar-refractivity contribution in [1.29, 1.82) is 0 Å². The van der Waals surface area contributed by atoms with Gasteiger partial charge in [-0.2, -0.15) is 0 Å². The summed E-state index contributed by atoms with van der Waals surface area (Å²) in [5.41, 5.74) is 2.70. The van der Waals surface area contributed by atoms with E-state index in [4.69, 9.17) is 0 Å². The summed E-state index contributed by atoms with van der Waals surface area (Å²) in [6, 6.07) is 8.60. The molecule has 1 heterocycles. The van der Waals surface area contributed by atoms with Crippen molar-refractivity contribution in [3.8, 4) is 11.8 Å². The van der Waals surface area contributed by atoms with E-state index >= 15 is 0 Å². The lowest BCUT2D eigenvalue weighted by Crippen LogP contribution is -2.22. The summed E-state index contributed by atoms with van der Waals surface area (Å²) in [7, 11) is 0. The molecule has 0 unspecified atom stereocenters. The third-order valence-electron chi connectivity index (χ3n) is 3.42. The lowest BCUT2D eigenvalue weighted by Gasteiger charge is -2.06. The van der Waals surface area contributed by atoms with E-state index in [2.05, 4.69) is 66.0 Å². The minimum atomic E-state index is 0.705. The quantitative estimate of drug-likeness (QED) is 0.627. The number of hydrogen-bond acceptors (Lipinski definition) is 1. The topological polar surface area (TPSA) is 17.0 Å². The van der Waals surface area contributed by atoms with Gasteiger partial charge in [0, 0.05) is 17.1 Å². The third-order valence-corrected chi connectivity index (χ3v) is 3.42. The van der Waals surface area contributed by atoms with Crippen LogP contribution in [0, 0.1) is 17.8 Å². The van der Waals surface area contributed by atoms with Crippen LogP contribution in [-0.2, 0) is 13.0 Å². The van der Waals surface area contributed by atoms with Gasteiger partial charge in [-0.3, -0.25) is 0 Å². The number of rotatable bonds is 6. The summed E-state index contributed by atoms with van der Waals surface area (Å²) >= 11 is 0. The summed E-state index contributed by atoms with van der Waals surface area (Å²) in [5.74, 6) is 6.83. The fraction of sp³-hybridized carbons (Fsp3) is 0.444. The lowest BCUT2D eigenvalue weighted by molar-refractivity contribution is 0.554. The Morgan fingerprint density at radius 2 is 2.05 bits per heavy atom. The molecule has 1 aromatic carbocycles. The fourth-order valence-corrected chi connectivity index (χ4v) is 2.43. The number of fused-ring (bicyclic) bond motifs is 1. The highest BCUT2D eigenvalue weighted by Crippen LogP contribution is 2.21. The van der Waals surface area contributed by atoms with Crippen molar-refractivity contribution in [2.45, 2.75) is 33.7 Å². The zero-order valence-corrected chi connectivity index (χ0v) is 12.7. The zero-order valence-electron chi connectivity index (χ0n) is 12.7. The maximum Gasteiger partial charge on any atom is 0.0837 e. The van der Waals surface area contributed by atoms with E-state index in [1.54, 1.807) is 0 Å². The molecule has 0 amide bonds. The first-order valence-electron chi connectivity index (χ1n) is 7.39. The van der Waals surface area contributed by atoms with E-state index < -0.39 is 0 Å². The smallest absolute Gasteiger partial charge is 0.0837 e. The van der Waals surface area contributed by atoms with E-state index in [1.807, 2.05) is 6.92 Å². The Labute approximate surface area is 122 Å². The van der Waals surface area contributed by atoms with E-state index in [9.17, 15) is 0 Å². The monoisotopic (exact) mass is 268 g/mol. The molecule has 20 heavy (non-hydrogen) atoms. The molecular weight excluding hydrogens is 244 g/mol. The summed E-state index contributed by atoms with van der Waals surface area (Å²) in [6.07, 6.45) is 3.33. The molecular formula is C18H24N2. The summed E-state index contributed by atoms with van der Waals surface area (Å²) in [4.78, 5) is 0. The Kier molecular flexibility index (Phi) is 5.26. The highest BCUT2D eigenvalue weighted by molar-refractivity contribution is 5.84.